The van der Waals surface area contributed by atoms with E-state index in [1.54, 1.807) is 6.92 Å². The second kappa shape index (κ2) is 8.41. The van der Waals surface area contributed by atoms with E-state index >= 15 is 0 Å². The van der Waals surface area contributed by atoms with Crippen LogP contribution in [0.1, 0.15) is 41.6 Å². The van der Waals surface area contributed by atoms with Gasteiger partial charge in [0.15, 0.2) is 5.13 Å². The van der Waals surface area contributed by atoms with E-state index in [9.17, 15) is 9.50 Å². The molecule has 0 amide bonds. The molecule has 1 saturated heterocycles. The first-order valence-electron chi connectivity index (χ1n) is 9.15. The lowest BCUT2D eigenvalue weighted by molar-refractivity contribution is 0.166. The van der Waals surface area contributed by atoms with Gasteiger partial charge in [-0.1, -0.05) is 11.3 Å². The van der Waals surface area contributed by atoms with Crippen LogP contribution in [0.15, 0.2) is 12.1 Å². The second-order valence-electron chi connectivity index (χ2n) is 7.26. The fraction of sp³-hybridized carbons (Fsp3) is 0.579. The Bertz CT molecular complexity index is 729. The highest BCUT2D eigenvalue weighted by molar-refractivity contribution is 7.15. The van der Waals surface area contributed by atoms with Crippen LogP contribution in [-0.4, -0.2) is 39.3 Å². The highest BCUT2D eigenvalue weighted by Crippen LogP contribution is 2.27. The number of nitrogens with one attached hydrogen (secondary N) is 1. The summed E-state index contributed by atoms with van der Waals surface area (Å²) in [6.45, 7) is 8.20. The highest BCUT2D eigenvalue weighted by Gasteiger charge is 2.23. The zero-order valence-corrected chi connectivity index (χ0v) is 16.4. The van der Waals surface area contributed by atoms with Crippen molar-refractivity contribution in [2.75, 3.05) is 18.4 Å². The number of halogens is 1. The SMILES string of the molecule is Cc1cc(C[C@H]2CCCN(Cc3sc(NC(C)O)nc3F)C2)cc(C)n1. The van der Waals surface area contributed by atoms with E-state index in [0.29, 0.717) is 22.5 Å². The molecule has 0 aliphatic carbocycles. The Labute approximate surface area is 158 Å². The quantitative estimate of drug-likeness (QED) is 0.754. The van der Waals surface area contributed by atoms with Gasteiger partial charge < -0.3 is 10.4 Å². The number of aliphatic hydroxyl groups is 1. The van der Waals surface area contributed by atoms with E-state index in [4.69, 9.17) is 0 Å². The summed E-state index contributed by atoms with van der Waals surface area (Å²) in [5, 5.41) is 12.5. The summed E-state index contributed by atoms with van der Waals surface area (Å²) in [5.74, 6) is 0.150. The zero-order valence-electron chi connectivity index (χ0n) is 15.6. The summed E-state index contributed by atoms with van der Waals surface area (Å²) < 4.78 is 14.1. The van der Waals surface area contributed by atoms with Crippen molar-refractivity contribution in [1.82, 2.24) is 14.9 Å². The average molecular weight is 379 g/mol. The van der Waals surface area contributed by atoms with Crippen molar-refractivity contribution in [1.29, 1.82) is 0 Å². The lowest BCUT2D eigenvalue weighted by atomic mass is 9.91. The minimum atomic E-state index is -0.736. The van der Waals surface area contributed by atoms with Gasteiger partial charge in [-0.2, -0.15) is 9.37 Å². The molecule has 2 N–H and O–H groups in total. The molecule has 0 spiro atoms. The molecule has 0 aromatic carbocycles. The molecule has 0 saturated carbocycles. The van der Waals surface area contributed by atoms with Crippen molar-refractivity contribution in [3.05, 3.63) is 39.9 Å². The fourth-order valence-electron chi connectivity index (χ4n) is 3.71. The Balaban J connectivity index is 1.61. The third-order valence-electron chi connectivity index (χ3n) is 4.62. The number of aliphatic hydroxyl groups excluding tert-OH is 1. The highest BCUT2D eigenvalue weighted by atomic mass is 32.1. The van der Waals surface area contributed by atoms with E-state index in [1.165, 1.54) is 23.3 Å². The molecule has 2 atom stereocenters. The number of piperidine rings is 1. The van der Waals surface area contributed by atoms with Gasteiger partial charge in [0.25, 0.3) is 0 Å². The number of pyridine rings is 1. The minimum Gasteiger partial charge on any atom is -0.374 e. The van der Waals surface area contributed by atoms with Crippen molar-refractivity contribution in [3.63, 3.8) is 0 Å². The molecule has 3 heterocycles. The maximum Gasteiger partial charge on any atom is 0.230 e. The van der Waals surface area contributed by atoms with Crippen LogP contribution in [0, 0.1) is 25.7 Å². The van der Waals surface area contributed by atoms with Crippen molar-refractivity contribution >= 4 is 16.5 Å². The van der Waals surface area contributed by atoms with E-state index in [1.807, 2.05) is 13.8 Å². The van der Waals surface area contributed by atoms with Gasteiger partial charge in [0.05, 0.1) is 4.88 Å². The predicted molar refractivity (Wildman–Crippen MR) is 103 cm³/mol. The number of anilines is 1. The van der Waals surface area contributed by atoms with Crippen LogP contribution >= 0.6 is 11.3 Å². The van der Waals surface area contributed by atoms with Crippen molar-refractivity contribution in [2.45, 2.75) is 52.8 Å². The van der Waals surface area contributed by atoms with E-state index in [0.717, 1.165) is 37.3 Å². The van der Waals surface area contributed by atoms with E-state index in [2.05, 4.69) is 32.3 Å². The Hall–Kier alpha value is -1.57. The van der Waals surface area contributed by atoms with Gasteiger partial charge in [-0.25, -0.2) is 0 Å². The summed E-state index contributed by atoms with van der Waals surface area (Å²) in [6.07, 6.45) is 2.64. The van der Waals surface area contributed by atoms with Crippen LogP contribution < -0.4 is 5.32 Å². The summed E-state index contributed by atoms with van der Waals surface area (Å²) in [7, 11) is 0. The number of rotatable bonds is 6. The third kappa shape index (κ3) is 5.22. The second-order valence-corrected chi connectivity index (χ2v) is 8.34. The monoisotopic (exact) mass is 378 g/mol. The van der Waals surface area contributed by atoms with Gasteiger partial charge >= 0.3 is 0 Å². The molecular weight excluding hydrogens is 351 g/mol. The number of likely N-dealkylation sites (tertiary alicyclic amines) is 1. The molecule has 0 bridgehead atoms. The first-order valence-corrected chi connectivity index (χ1v) is 9.97. The molecule has 1 aliphatic rings. The number of hydrogen-bond acceptors (Lipinski definition) is 6. The van der Waals surface area contributed by atoms with Crippen LogP contribution in [0.25, 0.3) is 0 Å². The average Bonchev–Trinajstić information content (AvgIpc) is 2.85. The topological polar surface area (TPSA) is 61.3 Å². The first kappa shape index (κ1) is 19.2. The molecule has 142 valence electrons. The van der Waals surface area contributed by atoms with Crippen LogP contribution in [0.3, 0.4) is 0 Å². The zero-order chi connectivity index (χ0) is 18.7. The molecule has 7 heteroatoms. The minimum absolute atomic E-state index is 0.430. The van der Waals surface area contributed by atoms with Gasteiger partial charge in [-0.3, -0.25) is 9.88 Å². The van der Waals surface area contributed by atoms with Gasteiger partial charge in [-0.05, 0) is 70.2 Å². The van der Waals surface area contributed by atoms with Crippen molar-refractivity contribution < 1.29 is 9.50 Å². The molecule has 26 heavy (non-hydrogen) atoms. The Morgan fingerprint density at radius 1 is 1.35 bits per heavy atom. The van der Waals surface area contributed by atoms with Crippen LogP contribution in [0.2, 0.25) is 0 Å². The maximum atomic E-state index is 14.1. The summed E-state index contributed by atoms with van der Waals surface area (Å²) >= 11 is 1.28. The number of aromatic nitrogens is 2. The molecule has 1 aliphatic heterocycles. The molecule has 3 rings (SSSR count). The van der Waals surface area contributed by atoms with Crippen LogP contribution in [0.4, 0.5) is 9.52 Å². The summed E-state index contributed by atoms with van der Waals surface area (Å²) in [6, 6.07) is 4.34. The molecule has 0 radical (unpaired) electrons. The van der Waals surface area contributed by atoms with Crippen LogP contribution in [-0.2, 0) is 13.0 Å². The van der Waals surface area contributed by atoms with Gasteiger partial charge in [0, 0.05) is 24.5 Å². The molecular formula is C19H27FN4OS. The summed E-state index contributed by atoms with van der Waals surface area (Å²) in [5.41, 5.74) is 3.48. The molecule has 2 aromatic rings. The third-order valence-corrected chi connectivity index (χ3v) is 5.56. The predicted octanol–water partition coefficient (Wildman–Crippen LogP) is 3.50. The number of aryl methyl sites for hydroxylation is 2. The molecule has 1 fully saturated rings. The molecule has 2 aromatic heterocycles. The lowest BCUT2D eigenvalue weighted by Crippen LogP contribution is -2.35. The molecule has 1 unspecified atom stereocenters. The lowest BCUT2D eigenvalue weighted by Gasteiger charge is -2.32. The van der Waals surface area contributed by atoms with Gasteiger partial charge in [0.2, 0.25) is 5.95 Å². The number of thiazole rings is 1. The maximum absolute atomic E-state index is 14.1. The summed E-state index contributed by atoms with van der Waals surface area (Å²) in [4.78, 5) is 11.3. The van der Waals surface area contributed by atoms with Crippen LogP contribution in [0.5, 0.6) is 0 Å². The van der Waals surface area contributed by atoms with E-state index in [-0.39, 0.29) is 0 Å². The molecule has 5 nitrogen and oxygen atoms in total. The fourth-order valence-corrected chi connectivity index (χ4v) is 4.67. The van der Waals surface area contributed by atoms with Gasteiger partial charge in [0.1, 0.15) is 6.23 Å². The first-order chi connectivity index (χ1) is 12.4. The Kier molecular flexibility index (Phi) is 6.21. The number of hydrogen-bond donors (Lipinski definition) is 2. The van der Waals surface area contributed by atoms with Crippen molar-refractivity contribution in [2.24, 2.45) is 5.92 Å². The van der Waals surface area contributed by atoms with E-state index < -0.39 is 12.2 Å². The smallest absolute Gasteiger partial charge is 0.230 e. The Morgan fingerprint density at radius 2 is 2.08 bits per heavy atom. The van der Waals surface area contributed by atoms with Gasteiger partial charge in [-0.15, -0.1) is 0 Å². The number of nitrogens with zero attached hydrogens (tertiary/aromatic N) is 3. The Morgan fingerprint density at radius 3 is 2.77 bits per heavy atom. The normalized spacial score (nSPS) is 19.5. The standard InChI is InChI=1S/C19H27FN4OS/c1-12-7-16(8-13(2)21-12)9-15-5-4-6-24(10-15)11-17-18(20)23-19(26-17)22-14(3)25/h7-8,14-15,25H,4-6,9-11H2,1-3H3,(H,22,23)/t14?,15-/m1/s1. The van der Waals surface area contributed by atoms with Crippen molar-refractivity contribution in [3.8, 4) is 0 Å². The largest absolute Gasteiger partial charge is 0.374 e.